The quantitative estimate of drug-likeness (QED) is 0.799. The van der Waals surface area contributed by atoms with Gasteiger partial charge in [-0.05, 0) is 20.3 Å². The van der Waals surface area contributed by atoms with E-state index < -0.39 is 0 Å². The third-order valence-electron chi connectivity index (χ3n) is 2.17. The van der Waals surface area contributed by atoms with E-state index in [1.807, 2.05) is 0 Å². The van der Waals surface area contributed by atoms with Gasteiger partial charge in [0, 0.05) is 17.8 Å². The first kappa shape index (κ1) is 10.8. The van der Waals surface area contributed by atoms with Crippen molar-refractivity contribution in [2.45, 2.75) is 32.7 Å². The van der Waals surface area contributed by atoms with Crippen LogP contribution in [0, 0.1) is 0 Å². The SMILES string of the molecule is CCC(C)(C)Nc1nccc(OC)n1. The second-order valence-corrected chi connectivity index (χ2v) is 3.79. The van der Waals surface area contributed by atoms with E-state index in [0.717, 1.165) is 6.42 Å². The van der Waals surface area contributed by atoms with E-state index in [1.54, 1.807) is 19.4 Å². The lowest BCUT2D eigenvalue weighted by molar-refractivity contribution is 0.396. The molecule has 4 heteroatoms. The lowest BCUT2D eigenvalue weighted by atomic mass is 10.0. The highest BCUT2D eigenvalue weighted by Gasteiger charge is 2.15. The molecule has 0 saturated carbocycles. The van der Waals surface area contributed by atoms with Crippen LogP contribution in [0.5, 0.6) is 5.88 Å². The minimum atomic E-state index is 0.00631. The van der Waals surface area contributed by atoms with Gasteiger partial charge in [0.25, 0.3) is 0 Å². The van der Waals surface area contributed by atoms with Crippen LogP contribution < -0.4 is 10.1 Å². The Balaban J connectivity index is 2.76. The molecule has 1 heterocycles. The number of nitrogens with zero attached hydrogens (tertiary/aromatic N) is 2. The largest absolute Gasteiger partial charge is 0.481 e. The van der Waals surface area contributed by atoms with Gasteiger partial charge in [0.05, 0.1) is 7.11 Å². The van der Waals surface area contributed by atoms with E-state index >= 15 is 0 Å². The van der Waals surface area contributed by atoms with Crippen LogP contribution in [0.2, 0.25) is 0 Å². The zero-order valence-corrected chi connectivity index (χ0v) is 9.16. The van der Waals surface area contributed by atoms with Gasteiger partial charge in [0.1, 0.15) is 0 Å². The highest BCUT2D eigenvalue weighted by atomic mass is 16.5. The van der Waals surface area contributed by atoms with Crippen molar-refractivity contribution >= 4 is 5.95 Å². The summed E-state index contributed by atoms with van der Waals surface area (Å²) in [6, 6.07) is 1.73. The maximum atomic E-state index is 5.01. The van der Waals surface area contributed by atoms with Gasteiger partial charge in [0.2, 0.25) is 11.8 Å². The first-order valence-corrected chi connectivity index (χ1v) is 4.72. The molecule has 0 radical (unpaired) electrons. The van der Waals surface area contributed by atoms with Gasteiger partial charge in [-0.1, -0.05) is 6.92 Å². The molecule has 4 nitrogen and oxygen atoms in total. The minimum absolute atomic E-state index is 0.00631. The molecule has 0 spiro atoms. The van der Waals surface area contributed by atoms with Crippen molar-refractivity contribution in [3.05, 3.63) is 12.3 Å². The monoisotopic (exact) mass is 195 g/mol. The van der Waals surface area contributed by atoms with Crippen LogP contribution >= 0.6 is 0 Å². The van der Waals surface area contributed by atoms with Crippen molar-refractivity contribution in [1.29, 1.82) is 0 Å². The Hall–Kier alpha value is -1.32. The zero-order valence-electron chi connectivity index (χ0n) is 9.16. The molecule has 0 aliphatic rings. The summed E-state index contributed by atoms with van der Waals surface area (Å²) in [5.41, 5.74) is 0.00631. The molecule has 0 amide bonds. The van der Waals surface area contributed by atoms with Crippen LogP contribution in [0.1, 0.15) is 27.2 Å². The maximum Gasteiger partial charge on any atom is 0.226 e. The van der Waals surface area contributed by atoms with Gasteiger partial charge in [-0.25, -0.2) is 4.98 Å². The van der Waals surface area contributed by atoms with E-state index in [9.17, 15) is 0 Å². The Morgan fingerprint density at radius 3 is 2.79 bits per heavy atom. The molecule has 0 saturated heterocycles. The average Bonchev–Trinajstić information content (AvgIpc) is 2.17. The second kappa shape index (κ2) is 4.26. The fourth-order valence-corrected chi connectivity index (χ4v) is 0.907. The minimum Gasteiger partial charge on any atom is -0.481 e. The lowest BCUT2D eigenvalue weighted by Gasteiger charge is -2.24. The van der Waals surface area contributed by atoms with Crippen molar-refractivity contribution in [3.8, 4) is 5.88 Å². The van der Waals surface area contributed by atoms with Crippen LogP contribution in [-0.2, 0) is 0 Å². The smallest absolute Gasteiger partial charge is 0.226 e. The third kappa shape index (κ3) is 2.87. The molecule has 14 heavy (non-hydrogen) atoms. The van der Waals surface area contributed by atoms with Gasteiger partial charge >= 0.3 is 0 Å². The maximum absolute atomic E-state index is 5.01. The number of hydrogen-bond acceptors (Lipinski definition) is 4. The number of aromatic nitrogens is 2. The summed E-state index contributed by atoms with van der Waals surface area (Å²) in [6.45, 7) is 6.33. The van der Waals surface area contributed by atoms with Gasteiger partial charge < -0.3 is 10.1 Å². The van der Waals surface area contributed by atoms with E-state index in [-0.39, 0.29) is 5.54 Å². The first-order chi connectivity index (χ1) is 6.57. The molecular formula is C10H17N3O. The van der Waals surface area contributed by atoms with Crippen LogP contribution in [0.25, 0.3) is 0 Å². The molecule has 1 rings (SSSR count). The van der Waals surface area contributed by atoms with Crippen molar-refractivity contribution in [2.75, 3.05) is 12.4 Å². The van der Waals surface area contributed by atoms with Crippen LogP contribution in [-0.4, -0.2) is 22.6 Å². The molecule has 1 N–H and O–H groups in total. The Morgan fingerprint density at radius 2 is 2.21 bits per heavy atom. The number of anilines is 1. The number of rotatable bonds is 4. The number of ether oxygens (including phenoxy) is 1. The van der Waals surface area contributed by atoms with Gasteiger partial charge in [-0.3, -0.25) is 0 Å². The Labute approximate surface area is 84.7 Å². The van der Waals surface area contributed by atoms with Crippen LogP contribution in [0.3, 0.4) is 0 Å². The molecule has 78 valence electrons. The van der Waals surface area contributed by atoms with Gasteiger partial charge in [-0.2, -0.15) is 4.98 Å². The molecule has 0 unspecified atom stereocenters. The van der Waals surface area contributed by atoms with E-state index in [1.165, 1.54) is 0 Å². The van der Waals surface area contributed by atoms with Crippen molar-refractivity contribution < 1.29 is 4.74 Å². The molecule has 0 bridgehead atoms. The fourth-order valence-electron chi connectivity index (χ4n) is 0.907. The van der Waals surface area contributed by atoms with Gasteiger partial charge in [-0.15, -0.1) is 0 Å². The zero-order chi connectivity index (χ0) is 10.6. The van der Waals surface area contributed by atoms with Crippen LogP contribution in [0.4, 0.5) is 5.95 Å². The summed E-state index contributed by atoms with van der Waals surface area (Å²) in [6.07, 6.45) is 2.69. The Kier molecular flexibility index (Phi) is 3.28. The summed E-state index contributed by atoms with van der Waals surface area (Å²) in [5, 5.41) is 3.24. The average molecular weight is 195 g/mol. The standard InChI is InChI=1S/C10H17N3O/c1-5-10(2,3)13-9-11-7-6-8(12-9)14-4/h6-7H,5H2,1-4H3,(H,11,12,13). The summed E-state index contributed by atoms with van der Waals surface area (Å²) < 4.78 is 5.01. The summed E-state index contributed by atoms with van der Waals surface area (Å²) in [7, 11) is 1.59. The van der Waals surface area contributed by atoms with Crippen molar-refractivity contribution in [3.63, 3.8) is 0 Å². The highest BCUT2D eigenvalue weighted by Crippen LogP contribution is 2.15. The molecule has 0 fully saturated rings. The van der Waals surface area contributed by atoms with Crippen molar-refractivity contribution in [1.82, 2.24) is 9.97 Å². The lowest BCUT2D eigenvalue weighted by Crippen LogP contribution is -2.30. The number of methoxy groups -OCH3 is 1. The van der Waals surface area contributed by atoms with E-state index in [4.69, 9.17) is 4.74 Å². The second-order valence-electron chi connectivity index (χ2n) is 3.79. The number of nitrogens with one attached hydrogen (secondary N) is 1. The van der Waals surface area contributed by atoms with Gasteiger partial charge in [0.15, 0.2) is 0 Å². The summed E-state index contributed by atoms with van der Waals surface area (Å²) >= 11 is 0. The normalized spacial score (nSPS) is 11.1. The molecule has 0 aromatic carbocycles. The highest BCUT2D eigenvalue weighted by molar-refractivity contribution is 5.30. The van der Waals surface area contributed by atoms with Crippen LogP contribution in [0.15, 0.2) is 12.3 Å². The molecule has 0 aliphatic carbocycles. The Morgan fingerprint density at radius 1 is 1.50 bits per heavy atom. The summed E-state index contributed by atoms with van der Waals surface area (Å²) in [4.78, 5) is 8.30. The molecule has 1 aromatic rings. The fraction of sp³-hybridized carbons (Fsp3) is 0.600. The first-order valence-electron chi connectivity index (χ1n) is 4.72. The molecule has 0 atom stereocenters. The topological polar surface area (TPSA) is 47.0 Å². The summed E-state index contributed by atoms with van der Waals surface area (Å²) in [5.74, 6) is 1.19. The number of hydrogen-bond donors (Lipinski definition) is 1. The molecule has 1 aromatic heterocycles. The molecular weight excluding hydrogens is 178 g/mol. The third-order valence-corrected chi connectivity index (χ3v) is 2.17. The van der Waals surface area contributed by atoms with E-state index in [2.05, 4.69) is 36.1 Å². The Bertz CT molecular complexity index is 299. The van der Waals surface area contributed by atoms with Crippen molar-refractivity contribution in [2.24, 2.45) is 0 Å². The molecule has 0 aliphatic heterocycles. The van der Waals surface area contributed by atoms with E-state index in [0.29, 0.717) is 11.8 Å². The predicted octanol–water partition coefficient (Wildman–Crippen LogP) is 2.09. The predicted molar refractivity (Wildman–Crippen MR) is 56.6 cm³/mol.